The Balaban J connectivity index is 1.17. The van der Waals surface area contributed by atoms with Crippen LogP contribution in [0.3, 0.4) is 0 Å². The molecule has 7 heteroatoms. The van der Waals surface area contributed by atoms with Gasteiger partial charge in [0.05, 0.1) is 23.2 Å². The Morgan fingerprint density at radius 1 is 1.11 bits per heavy atom. The van der Waals surface area contributed by atoms with Gasteiger partial charge >= 0.3 is 5.97 Å². The second-order valence-corrected chi connectivity index (χ2v) is 15.4. The molecule has 2 aliphatic rings. The first-order valence-corrected chi connectivity index (χ1v) is 18.2. The molecule has 0 spiro atoms. The number of ether oxygens (including phenoxy) is 1. The van der Waals surface area contributed by atoms with E-state index < -0.39 is 5.60 Å². The fourth-order valence-electron chi connectivity index (χ4n) is 6.49. The van der Waals surface area contributed by atoms with E-state index in [0.717, 1.165) is 78.5 Å². The number of nitrogens with one attached hydrogen (secondary N) is 1. The van der Waals surface area contributed by atoms with Crippen molar-refractivity contribution in [2.24, 2.45) is 5.41 Å². The molecule has 2 N–H and O–H groups in total. The summed E-state index contributed by atoms with van der Waals surface area (Å²) >= 11 is 8.17. The van der Waals surface area contributed by atoms with Crippen molar-refractivity contribution < 1.29 is 14.6 Å². The highest BCUT2D eigenvalue weighted by molar-refractivity contribution is 7.99. The van der Waals surface area contributed by atoms with E-state index in [1.807, 2.05) is 68.1 Å². The molecule has 1 aliphatic carbocycles. The first-order valence-electron chi connectivity index (χ1n) is 16.8. The van der Waals surface area contributed by atoms with Crippen molar-refractivity contribution in [3.63, 3.8) is 0 Å². The summed E-state index contributed by atoms with van der Waals surface area (Å²) in [6, 6.07) is 27.1. The highest BCUT2D eigenvalue weighted by Crippen LogP contribution is 2.53. The van der Waals surface area contributed by atoms with E-state index in [1.165, 1.54) is 11.1 Å². The van der Waals surface area contributed by atoms with Gasteiger partial charge in [0, 0.05) is 27.5 Å². The lowest BCUT2D eigenvalue weighted by Crippen LogP contribution is -2.28. The number of rotatable bonds is 14. The van der Waals surface area contributed by atoms with Crippen LogP contribution in [-0.2, 0) is 21.6 Å². The number of carbonyl (C=O) groups is 1. The molecular formula is C40H45ClN2O3S. The van der Waals surface area contributed by atoms with Crippen molar-refractivity contribution in [3.05, 3.63) is 112 Å². The van der Waals surface area contributed by atoms with Crippen LogP contribution in [0.15, 0.2) is 78.9 Å². The number of aromatic nitrogens is 1. The highest BCUT2D eigenvalue weighted by Gasteiger charge is 2.45. The van der Waals surface area contributed by atoms with Gasteiger partial charge in [-0.05, 0) is 111 Å². The van der Waals surface area contributed by atoms with Crippen molar-refractivity contribution in [2.75, 3.05) is 18.9 Å². The number of esters is 1. The number of nitrogens with zero attached hydrogens (tertiary/aromatic N) is 1. The maximum Gasteiger partial charge on any atom is 0.306 e. The minimum Gasteiger partial charge on any atom is -0.464 e. The molecule has 47 heavy (non-hydrogen) atoms. The maximum atomic E-state index is 12.8. The van der Waals surface area contributed by atoms with Crippen LogP contribution in [0.2, 0.25) is 5.02 Å². The molecule has 1 saturated carbocycles. The zero-order chi connectivity index (χ0) is 32.9. The standard InChI is InChI=1S/C40H45ClN2O3S/c1-39(2,45)35-11-4-3-8-29(35)15-19-37(47-27-40(20-21-40)25-38(44)46-26-34-10-6-22-42-34)31-9-5-7-28(23-31)12-17-33-18-14-30-13-16-32(41)24-36(30)43-33/h3-5,7-9,11-14,16-18,23-24,34,37,42,45H,6,10,15,19-22,25-27H2,1-2H3/b17-12+/t34?,37-/m1/s1. The lowest BCUT2D eigenvalue weighted by atomic mass is 9.90. The van der Waals surface area contributed by atoms with Crippen LogP contribution in [0.4, 0.5) is 0 Å². The molecule has 246 valence electrons. The van der Waals surface area contributed by atoms with Gasteiger partial charge in [-0.25, -0.2) is 4.98 Å². The lowest BCUT2D eigenvalue weighted by molar-refractivity contribution is -0.145. The predicted molar refractivity (Wildman–Crippen MR) is 196 cm³/mol. The first kappa shape index (κ1) is 33.7. The van der Waals surface area contributed by atoms with E-state index in [9.17, 15) is 9.90 Å². The summed E-state index contributed by atoms with van der Waals surface area (Å²) in [5.41, 5.74) is 5.41. The molecule has 2 heterocycles. The Morgan fingerprint density at radius 2 is 1.94 bits per heavy atom. The number of aliphatic hydroxyl groups is 1. The smallest absolute Gasteiger partial charge is 0.306 e. The van der Waals surface area contributed by atoms with Crippen LogP contribution in [-0.4, -0.2) is 41.0 Å². The van der Waals surface area contributed by atoms with Crippen molar-refractivity contribution in [1.29, 1.82) is 0 Å². The quantitative estimate of drug-likeness (QED) is 0.131. The lowest BCUT2D eigenvalue weighted by Gasteiger charge is -2.24. The SMILES string of the molecule is CC(C)(O)c1ccccc1CC[C@@H](SCC1(CC(=O)OCC2CCCN2)CC1)c1cccc(/C=C/c2ccc3ccc(Cl)cc3n2)c1. The zero-order valence-corrected chi connectivity index (χ0v) is 29.0. The van der Waals surface area contributed by atoms with Crippen LogP contribution in [0, 0.1) is 5.41 Å². The van der Waals surface area contributed by atoms with Crippen LogP contribution in [0.25, 0.3) is 23.1 Å². The summed E-state index contributed by atoms with van der Waals surface area (Å²) in [6.07, 6.45) is 10.8. The summed E-state index contributed by atoms with van der Waals surface area (Å²) in [5.74, 6) is 0.856. The minimum atomic E-state index is -0.904. The predicted octanol–water partition coefficient (Wildman–Crippen LogP) is 9.16. The summed E-state index contributed by atoms with van der Waals surface area (Å²) in [7, 11) is 0. The molecule has 1 aromatic heterocycles. The third-order valence-corrected chi connectivity index (χ3v) is 11.4. The van der Waals surface area contributed by atoms with E-state index in [2.05, 4.69) is 53.9 Å². The van der Waals surface area contributed by atoms with Crippen LogP contribution < -0.4 is 5.32 Å². The first-order chi connectivity index (χ1) is 22.7. The van der Waals surface area contributed by atoms with Gasteiger partial charge in [0.1, 0.15) is 6.61 Å². The van der Waals surface area contributed by atoms with E-state index in [1.54, 1.807) is 0 Å². The summed E-state index contributed by atoms with van der Waals surface area (Å²) in [6.45, 7) is 5.20. The Labute approximate surface area is 288 Å². The summed E-state index contributed by atoms with van der Waals surface area (Å²) in [5, 5.41) is 16.2. The van der Waals surface area contributed by atoms with Gasteiger partial charge in [-0.2, -0.15) is 11.8 Å². The second-order valence-electron chi connectivity index (χ2n) is 13.8. The number of halogens is 1. The van der Waals surface area contributed by atoms with E-state index in [-0.39, 0.29) is 16.6 Å². The molecule has 1 unspecified atom stereocenters. The highest BCUT2D eigenvalue weighted by atomic mass is 35.5. The Hall–Kier alpha value is -3.16. The Kier molecular flexibility index (Phi) is 10.7. The van der Waals surface area contributed by atoms with E-state index in [4.69, 9.17) is 21.3 Å². The van der Waals surface area contributed by atoms with Crippen LogP contribution >= 0.6 is 23.4 Å². The van der Waals surface area contributed by atoms with Crippen molar-refractivity contribution in [2.45, 2.75) is 75.7 Å². The molecule has 5 nitrogen and oxygen atoms in total. The maximum absolute atomic E-state index is 12.8. The molecular weight excluding hydrogens is 624 g/mol. The molecule has 0 amide bonds. The van der Waals surface area contributed by atoms with Gasteiger partial charge in [-0.15, -0.1) is 0 Å². The van der Waals surface area contributed by atoms with Crippen LogP contribution in [0.1, 0.15) is 85.6 Å². The third-order valence-electron chi connectivity index (χ3n) is 9.43. The zero-order valence-electron chi connectivity index (χ0n) is 27.4. The molecule has 6 rings (SSSR count). The third kappa shape index (κ3) is 9.26. The number of fused-ring (bicyclic) bond motifs is 1. The van der Waals surface area contributed by atoms with E-state index >= 15 is 0 Å². The van der Waals surface area contributed by atoms with Gasteiger partial charge in [0.25, 0.3) is 0 Å². The molecule has 1 aliphatic heterocycles. The molecule has 0 bridgehead atoms. The van der Waals surface area contributed by atoms with E-state index in [0.29, 0.717) is 24.1 Å². The number of carbonyl (C=O) groups excluding carboxylic acids is 1. The molecule has 4 aromatic rings. The van der Waals surface area contributed by atoms with Crippen LogP contribution in [0.5, 0.6) is 0 Å². The largest absolute Gasteiger partial charge is 0.464 e. The Morgan fingerprint density at radius 3 is 2.72 bits per heavy atom. The number of hydrogen-bond donors (Lipinski definition) is 2. The fourth-order valence-corrected chi connectivity index (χ4v) is 8.22. The fraction of sp³-hybridized carbons (Fsp3) is 0.400. The van der Waals surface area contributed by atoms with Crippen molar-refractivity contribution in [3.8, 4) is 0 Å². The summed E-state index contributed by atoms with van der Waals surface area (Å²) in [4.78, 5) is 17.6. The van der Waals surface area contributed by atoms with Crippen molar-refractivity contribution >= 4 is 52.4 Å². The number of aryl methyl sites for hydroxylation is 1. The number of benzene rings is 3. The van der Waals surface area contributed by atoms with Gasteiger partial charge < -0.3 is 15.2 Å². The molecule has 1 saturated heterocycles. The molecule has 0 radical (unpaired) electrons. The average molecular weight is 669 g/mol. The monoisotopic (exact) mass is 668 g/mol. The van der Waals surface area contributed by atoms with Crippen molar-refractivity contribution in [1.82, 2.24) is 10.3 Å². The van der Waals surface area contributed by atoms with Gasteiger partial charge in [-0.3, -0.25) is 4.79 Å². The molecule has 2 atom stereocenters. The topological polar surface area (TPSA) is 71.5 Å². The number of hydrogen-bond acceptors (Lipinski definition) is 6. The molecule has 2 fully saturated rings. The second kappa shape index (κ2) is 14.9. The number of thioether (sulfide) groups is 1. The Bertz CT molecular complexity index is 1720. The minimum absolute atomic E-state index is 0.0241. The van der Waals surface area contributed by atoms with Gasteiger partial charge in [-0.1, -0.05) is 78.3 Å². The van der Waals surface area contributed by atoms with Gasteiger partial charge in [0.15, 0.2) is 0 Å². The summed E-state index contributed by atoms with van der Waals surface area (Å²) < 4.78 is 5.70. The number of pyridine rings is 1. The normalized spacial score (nSPS) is 18.1. The average Bonchev–Trinajstić information content (AvgIpc) is 3.60. The molecule has 3 aromatic carbocycles. The van der Waals surface area contributed by atoms with Gasteiger partial charge in [0.2, 0.25) is 0 Å².